The van der Waals surface area contributed by atoms with Crippen LogP contribution in [0.2, 0.25) is 0 Å². The van der Waals surface area contributed by atoms with E-state index in [1.807, 2.05) is 31.2 Å². The molecule has 1 amide bonds. The van der Waals surface area contributed by atoms with Crippen LogP contribution in [-0.4, -0.2) is 16.6 Å². The second kappa shape index (κ2) is 5.05. The highest BCUT2D eigenvalue weighted by atomic mass is 16.5. The minimum absolute atomic E-state index is 0.115. The molecule has 0 aliphatic carbocycles. The molecule has 3 rings (SSSR count). The monoisotopic (exact) mass is 297 g/mol. The Hall–Kier alpha value is -2.49. The molecule has 4 nitrogen and oxygen atoms in total. The van der Waals surface area contributed by atoms with Gasteiger partial charge in [-0.05, 0) is 44.0 Å². The molecule has 0 saturated heterocycles. The van der Waals surface area contributed by atoms with Gasteiger partial charge in [0.1, 0.15) is 11.5 Å². The Morgan fingerprint density at radius 1 is 1.18 bits per heavy atom. The molecule has 0 bridgehead atoms. The maximum absolute atomic E-state index is 12.8. The molecule has 0 fully saturated rings. The standard InChI is InChI=1S/C18H19NO3/c1-12-6-4-5-7-13(12)11-19-15-10-14(20)8-9-16(15)22-18(2,3)17(19)21/h4-10,20H,11H2,1-3H3. The molecule has 0 aromatic heterocycles. The van der Waals surface area contributed by atoms with E-state index in [9.17, 15) is 9.90 Å². The van der Waals surface area contributed by atoms with Gasteiger partial charge in [0.05, 0.1) is 12.2 Å². The van der Waals surface area contributed by atoms with Crippen LogP contribution in [0.15, 0.2) is 42.5 Å². The number of benzene rings is 2. The summed E-state index contributed by atoms with van der Waals surface area (Å²) in [5, 5.41) is 9.75. The molecule has 1 N–H and O–H groups in total. The maximum atomic E-state index is 12.8. The van der Waals surface area contributed by atoms with Crippen molar-refractivity contribution >= 4 is 11.6 Å². The number of fused-ring (bicyclic) bond motifs is 1. The first-order chi connectivity index (χ1) is 10.4. The number of hydrogen-bond donors (Lipinski definition) is 1. The molecule has 4 heteroatoms. The van der Waals surface area contributed by atoms with Crippen molar-refractivity contribution in [1.82, 2.24) is 0 Å². The highest BCUT2D eigenvalue weighted by molar-refractivity contribution is 6.02. The van der Waals surface area contributed by atoms with Crippen LogP contribution in [0, 0.1) is 6.92 Å². The van der Waals surface area contributed by atoms with E-state index in [4.69, 9.17) is 4.74 Å². The Labute approximate surface area is 130 Å². The highest BCUT2D eigenvalue weighted by Gasteiger charge is 2.41. The van der Waals surface area contributed by atoms with E-state index < -0.39 is 5.60 Å². The number of aryl methyl sites for hydroxylation is 1. The Morgan fingerprint density at radius 3 is 2.64 bits per heavy atom. The number of amides is 1. The lowest BCUT2D eigenvalue weighted by Crippen LogP contribution is -2.52. The van der Waals surface area contributed by atoms with E-state index >= 15 is 0 Å². The summed E-state index contributed by atoms with van der Waals surface area (Å²) in [6.07, 6.45) is 0. The van der Waals surface area contributed by atoms with Crippen molar-refractivity contribution in [3.05, 3.63) is 53.6 Å². The molecule has 2 aromatic rings. The molecule has 1 aliphatic rings. The van der Waals surface area contributed by atoms with Gasteiger partial charge in [-0.25, -0.2) is 0 Å². The van der Waals surface area contributed by atoms with E-state index in [1.165, 1.54) is 0 Å². The lowest BCUT2D eigenvalue weighted by molar-refractivity contribution is -0.132. The largest absolute Gasteiger partial charge is 0.508 e. The zero-order valence-electron chi connectivity index (χ0n) is 13.0. The lowest BCUT2D eigenvalue weighted by atomic mass is 10.0. The van der Waals surface area contributed by atoms with Gasteiger partial charge in [0.15, 0.2) is 5.60 Å². The van der Waals surface area contributed by atoms with Gasteiger partial charge in [-0.15, -0.1) is 0 Å². The first-order valence-corrected chi connectivity index (χ1v) is 7.27. The summed E-state index contributed by atoms with van der Waals surface area (Å²) in [6, 6.07) is 12.8. The molecule has 0 radical (unpaired) electrons. The fourth-order valence-corrected chi connectivity index (χ4v) is 2.67. The van der Waals surface area contributed by atoms with Crippen molar-refractivity contribution in [2.45, 2.75) is 32.9 Å². The number of anilines is 1. The van der Waals surface area contributed by atoms with Gasteiger partial charge in [-0.1, -0.05) is 24.3 Å². The van der Waals surface area contributed by atoms with Gasteiger partial charge in [0.25, 0.3) is 5.91 Å². The third-order valence-corrected chi connectivity index (χ3v) is 3.95. The smallest absolute Gasteiger partial charge is 0.271 e. The SMILES string of the molecule is Cc1ccccc1CN1C(=O)C(C)(C)Oc2ccc(O)cc21. The number of phenolic OH excluding ortho intramolecular Hbond substituents is 1. The predicted molar refractivity (Wildman–Crippen MR) is 85.2 cm³/mol. The van der Waals surface area contributed by atoms with Gasteiger partial charge < -0.3 is 14.7 Å². The Balaban J connectivity index is 2.07. The van der Waals surface area contributed by atoms with Crippen LogP contribution < -0.4 is 9.64 Å². The number of carbonyl (C=O) groups is 1. The van der Waals surface area contributed by atoms with Crippen molar-refractivity contribution in [2.75, 3.05) is 4.90 Å². The number of nitrogens with zero attached hydrogens (tertiary/aromatic N) is 1. The first kappa shape index (κ1) is 14.4. The number of rotatable bonds is 2. The van der Waals surface area contributed by atoms with Crippen molar-refractivity contribution in [1.29, 1.82) is 0 Å². The van der Waals surface area contributed by atoms with E-state index in [2.05, 4.69) is 0 Å². The van der Waals surface area contributed by atoms with E-state index in [1.54, 1.807) is 36.9 Å². The lowest BCUT2D eigenvalue weighted by Gasteiger charge is -2.39. The molecular formula is C18H19NO3. The van der Waals surface area contributed by atoms with Crippen LogP contribution in [0.4, 0.5) is 5.69 Å². The third-order valence-electron chi connectivity index (χ3n) is 3.95. The van der Waals surface area contributed by atoms with Crippen molar-refractivity contribution in [3.63, 3.8) is 0 Å². The number of aromatic hydroxyl groups is 1. The second-order valence-corrected chi connectivity index (χ2v) is 6.08. The Morgan fingerprint density at radius 2 is 1.91 bits per heavy atom. The highest BCUT2D eigenvalue weighted by Crippen LogP contribution is 2.40. The Kier molecular flexibility index (Phi) is 3.32. The summed E-state index contributed by atoms with van der Waals surface area (Å²) in [5.41, 5.74) is 1.88. The maximum Gasteiger partial charge on any atom is 0.271 e. The van der Waals surface area contributed by atoms with E-state index in [0.29, 0.717) is 18.0 Å². The van der Waals surface area contributed by atoms with Crippen LogP contribution in [0.3, 0.4) is 0 Å². The zero-order valence-corrected chi connectivity index (χ0v) is 13.0. The average molecular weight is 297 g/mol. The summed E-state index contributed by atoms with van der Waals surface area (Å²) in [7, 11) is 0. The summed E-state index contributed by atoms with van der Waals surface area (Å²) < 4.78 is 5.78. The predicted octanol–water partition coefficient (Wildman–Crippen LogP) is 3.40. The van der Waals surface area contributed by atoms with E-state index in [-0.39, 0.29) is 11.7 Å². The average Bonchev–Trinajstić information content (AvgIpc) is 2.46. The molecule has 22 heavy (non-hydrogen) atoms. The molecule has 0 atom stereocenters. The van der Waals surface area contributed by atoms with Crippen molar-refractivity contribution < 1.29 is 14.6 Å². The van der Waals surface area contributed by atoms with E-state index in [0.717, 1.165) is 11.1 Å². The fraction of sp³-hybridized carbons (Fsp3) is 0.278. The quantitative estimate of drug-likeness (QED) is 0.924. The minimum Gasteiger partial charge on any atom is -0.508 e. The second-order valence-electron chi connectivity index (χ2n) is 6.08. The van der Waals surface area contributed by atoms with Crippen molar-refractivity contribution in [2.24, 2.45) is 0 Å². The number of hydrogen-bond acceptors (Lipinski definition) is 3. The van der Waals surface area contributed by atoms with Crippen LogP contribution >= 0.6 is 0 Å². The molecular weight excluding hydrogens is 278 g/mol. The van der Waals surface area contributed by atoms with Crippen molar-refractivity contribution in [3.8, 4) is 11.5 Å². The molecule has 0 unspecified atom stereocenters. The van der Waals surface area contributed by atoms with Crippen LogP contribution in [0.25, 0.3) is 0 Å². The van der Waals surface area contributed by atoms with Gasteiger partial charge in [-0.2, -0.15) is 0 Å². The Bertz CT molecular complexity index is 737. The van der Waals surface area contributed by atoms with Gasteiger partial charge in [0, 0.05) is 6.07 Å². The van der Waals surface area contributed by atoms with Gasteiger partial charge in [-0.3, -0.25) is 4.79 Å². The molecule has 114 valence electrons. The topological polar surface area (TPSA) is 49.8 Å². The zero-order chi connectivity index (χ0) is 15.9. The summed E-state index contributed by atoms with van der Waals surface area (Å²) >= 11 is 0. The van der Waals surface area contributed by atoms with Crippen LogP contribution in [0.1, 0.15) is 25.0 Å². The minimum atomic E-state index is -0.924. The summed E-state index contributed by atoms with van der Waals surface area (Å²) in [4.78, 5) is 14.4. The fourth-order valence-electron chi connectivity index (χ4n) is 2.67. The van der Waals surface area contributed by atoms with Gasteiger partial charge in [0.2, 0.25) is 0 Å². The molecule has 1 aliphatic heterocycles. The normalized spacial score (nSPS) is 16.1. The van der Waals surface area contributed by atoms with Gasteiger partial charge >= 0.3 is 0 Å². The molecule has 1 heterocycles. The summed E-state index contributed by atoms with van der Waals surface area (Å²) in [5.74, 6) is 0.606. The molecule has 0 spiro atoms. The molecule has 0 saturated carbocycles. The number of phenols is 1. The number of ether oxygens (including phenoxy) is 1. The summed E-state index contributed by atoms with van der Waals surface area (Å²) in [6.45, 7) is 6.00. The van der Waals surface area contributed by atoms with Crippen LogP contribution in [0.5, 0.6) is 11.5 Å². The number of carbonyl (C=O) groups excluding carboxylic acids is 1. The third kappa shape index (κ3) is 2.41. The molecule has 2 aromatic carbocycles. The first-order valence-electron chi connectivity index (χ1n) is 7.27. The van der Waals surface area contributed by atoms with Crippen LogP contribution in [-0.2, 0) is 11.3 Å².